The highest BCUT2D eigenvalue weighted by Gasteiger charge is 2.57. The van der Waals surface area contributed by atoms with Crippen molar-refractivity contribution < 1.29 is 5.11 Å². The van der Waals surface area contributed by atoms with Crippen LogP contribution in [0.3, 0.4) is 0 Å². The highest BCUT2D eigenvalue weighted by atomic mass is 79.9. The molecule has 1 N–H and O–H groups in total. The molecule has 0 aromatic carbocycles. The van der Waals surface area contributed by atoms with Crippen LogP contribution in [-0.2, 0) is 0 Å². The van der Waals surface area contributed by atoms with Gasteiger partial charge in [-0.2, -0.15) is 0 Å². The first-order chi connectivity index (χ1) is 11.8. The molecule has 4 aliphatic rings. The molecule has 0 aliphatic heterocycles. The van der Waals surface area contributed by atoms with Crippen molar-refractivity contribution >= 4 is 15.9 Å². The first-order valence-corrected chi connectivity index (χ1v) is 11.5. The van der Waals surface area contributed by atoms with E-state index in [0.29, 0.717) is 5.41 Å². The van der Waals surface area contributed by atoms with Gasteiger partial charge in [0, 0.05) is 5.33 Å². The van der Waals surface area contributed by atoms with Gasteiger partial charge in [-0.15, -0.1) is 0 Å². The Kier molecular flexibility index (Phi) is 4.56. The minimum atomic E-state index is -0.463. The average Bonchev–Trinajstić information content (AvgIpc) is 2.91. The summed E-state index contributed by atoms with van der Waals surface area (Å²) in [5, 5.41) is 11.6. The third kappa shape index (κ3) is 2.81. The number of aliphatic hydroxyl groups is 1. The van der Waals surface area contributed by atoms with Crippen LogP contribution in [0, 0.1) is 35.0 Å². The maximum absolute atomic E-state index is 10.6. The van der Waals surface area contributed by atoms with E-state index in [1.54, 1.807) is 11.1 Å². The lowest BCUT2D eigenvalue weighted by Gasteiger charge is -2.55. The summed E-state index contributed by atoms with van der Waals surface area (Å²) in [7, 11) is 0. The zero-order chi connectivity index (χ0) is 18.0. The summed E-state index contributed by atoms with van der Waals surface area (Å²) in [6.07, 6.45) is 9.95. The SMILES string of the molecule is C=C(CBr)[C@H]1CC[C@H]2[C@@H]3CC(C)=C4C[C@@](C)(O)CC[C@@H]4[C@H]3CC[C@]12C. The molecule has 2 heteroatoms. The van der Waals surface area contributed by atoms with Gasteiger partial charge in [0.05, 0.1) is 5.60 Å². The fourth-order valence-electron chi connectivity index (χ4n) is 7.57. The van der Waals surface area contributed by atoms with Crippen molar-refractivity contribution in [2.24, 2.45) is 35.0 Å². The summed E-state index contributed by atoms with van der Waals surface area (Å²) in [6.45, 7) is 11.4. The topological polar surface area (TPSA) is 20.2 Å². The number of fused-ring (bicyclic) bond motifs is 5. The molecule has 3 saturated carbocycles. The average molecular weight is 407 g/mol. The van der Waals surface area contributed by atoms with Crippen molar-refractivity contribution in [1.29, 1.82) is 0 Å². The normalized spacial score (nSPS) is 49.4. The molecule has 0 bridgehead atoms. The molecule has 0 amide bonds. The van der Waals surface area contributed by atoms with Gasteiger partial charge in [0.25, 0.3) is 0 Å². The number of hydrogen-bond donors (Lipinski definition) is 1. The number of halogens is 1. The first-order valence-electron chi connectivity index (χ1n) is 10.4. The maximum atomic E-state index is 10.6. The summed E-state index contributed by atoms with van der Waals surface area (Å²) in [6, 6.07) is 0. The van der Waals surface area contributed by atoms with Crippen molar-refractivity contribution in [3.63, 3.8) is 0 Å². The molecule has 0 aromatic rings. The summed E-state index contributed by atoms with van der Waals surface area (Å²) < 4.78 is 0. The van der Waals surface area contributed by atoms with Crippen molar-refractivity contribution in [1.82, 2.24) is 0 Å². The van der Waals surface area contributed by atoms with Crippen LogP contribution < -0.4 is 0 Å². The Labute approximate surface area is 162 Å². The molecule has 3 fully saturated rings. The largest absolute Gasteiger partial charge is 0.390 e. The van der Waals surface area contributed by atoms with Crippen LogP contribution in [0.25, 0.3) is 0 Å². The fraction of sp³-hybridized carbons (Fsp3) is 0.826. The molecule has 140 valence electrons. The minimum absolute atomic E-state index is 0.463. The van der Waals surface area contributed by atoms with Crippen LogP contribution in [0.2, 0.25) is 0 Å². The van der Waals surface area contributed by atoms with E-state index in [-0.39, 0.29) is 0 Å². The summed E-state index contributed by atoms with van der Waals surface area (Å²) in [5.74, 6) is 4.12. The van der Waals surface area contributed by atoms with E-state index in [1.165, 1.54) is 44.1 Å². The lowest BCUT2D eigenvalue weighted by Crippen LogP contribution is -2.48. The Hall–Kier alpha value is -0.0800. The molecule has 0 radical (unpaired) electrons. The predicted molar refractivity (Wildman–Crippen MR) is 109 cm³/mol. The van der Waals surface area contributed by atoms with Crippen LogP contribution in [-0.4, -0.2) is 16.0 Å². The second-order valence-corrected chi connectivity index (χ2v) is 10.8. The molecule has 4 aliphatic carbocycles. The van der Waals surface area contributed by atoms with Gasteiger partial charge in [0.1, 0.15) is 0 Å². The van der Waals surface area contributed by atoms with Crippen molar-refractivity contribution in [3.05, 3.63) is 23.3 Å². The third-order valence-corrected chi connectivity index (χ3v) is 9.50. The molecule has 0 spiro atoms. The first kappa shape index (κ1) is 18.3. The summed E-state index contributed by atoms with van der Waals surface area (Å²) in [5.41, 5.74) is 4.71. The van der Waals surface area contributed by atoms with E-state index in [2.05, 4.69) is 36.4 Å². The number of rotatable bonds is 2. The van der Waals surface area contributed by atoms with Gasteiger partial charge in [-0.1, -0.05) is 46.2 Å². The molecule has 0 heterocycles. The molecule has 1 nitrogen and oxygen atoms in total. The van der Waals surface area contributed by atoms with Crippen LogP contribution in [0.4, 0.5) is 0 Å². The Morgan fingerprint density at radius 3 is 2.64 bits per heavy atom. The van der Waals surface area contributed by atoms with E-state index in [9.17, 15) is 5.11 Å². The fourth-order valence-corrected chi connectivity index (χ4v) is 7.96. The smallest absolute Gasteiger partial charge is 0.0657 e. The van der Waals surface area contributed by atoms with E-state index < -0.39 is 5.60 Å². The Morgan fingerprint density at radius 2 is 1.92 bits per heavy atom. The Bertz CT molecular complexity index is 603. The molecule has 7 atom stereocenters. The van der Waals surface area contributed by atoms with E-state index in [0.717, 1.165) is 47.8 Å². The van der Waals surface area contributed by atoms with E-state index in [1.807, 2.05) is 6.92 Å². The zero-order valence-electron chi connectivity index (χ0n) is 16.3. The molecule has 4 rings (SSSR count). The van der Waals surface area contributed by atoms with Gasteiger partial charge in [-0.25, -0.2) is 0 Å². The molecule has 0 unspecified atom stereocenters. The lowest BCUT2D eigenvalue weighted by molar-refractivity contribution is -0.0310. The van der Waals surface area contributed by atoms with Crippen molar-refractivity contribution in [3.8, 4) is 0 Å². The maximum Gasteiger partial charge on any atom is 0.0657 e. The lowest BCUT2D eigenvalue weighted by atomic mass is 9.50. The van der Waals surface area contributed by atoms with Gasteiger partial charge in [-0.05, 0) is 100 Å². The molecule has 25 heavy (non-hydrogen) atoms. The molecular formula is C23H35BrO. The quantitative estimate of drug-likeness (QED) is 0.423. The monoisotopic (exact) mass is 406 g/mol. The number of alkyl halides is 1. The second kappa shape index (κ2) is 6.23. The third-order valence-electron chi connectivity index (χ3n) is 8.78. The van der Waals surface area contributed by atoms with Crippen LogP contribution in [0.15, 0.2) is 23.3 Å². The highest BCUT2D eigenvalue weighted by molar-refractivity contribution is 9.09. The summed E-state index contributed by atoms with van der Waals surface area (Å²) in [4.78, 5) is 0. The minimum Gasteiger partial charge on any atom is -0.390 e. The molecule has 0 saturated heterocycles. The van der Waals surface area contributed by atoms with E-state index in [4.69, 9.17) is 0 Å². The molecular weight excluding hydrogens is 372 g/mol. The number of hydrogen-bond acceptors (Lipinski definition) is 1. The Morgan fingerprint density at radius 1 is 1.16 bits per heavy atom. The van der Waals surface area contributed by atoms with E-state index >= 15 is 0 Å². The van der Waals surface area contributed by atoms with Crippen LogP contribution in [0.1, 0.15) is 72.1 Å². The van der Waals surface area contributed by atoms with Gasteiger partial charge in [0.2, 0.25) is 0 Å². The number of allylic oxidation sites excluding steroid dienone is 2. The zero-order valence-corrected chi connectivity index (χ0v) is 17.9. The van der Waals surface area contributed by atoms with Crippen molar-refractivity contribution in [2.75, 3.05) is 5.33 Å². The van der Waals surface area contributed by atoms with Crippen molar-refractivity contribution in [2.45, 2.75) is 77.7 Å². The van der Waals surface area contributed by atoms with Crippen LogP contribution in [0.5, 0.6) is 0 Å². The van der Waals surface area contributed by atoms with Gasteiger partial charge < -0.3 is 5.11 Å². The summed E-state index contributed by atoms with van der Waals surface area (Å²) >= 11 is 3.67. The standard InChI is InChI=1S/C23H35BrO/c1-14-11-18-16(17-7-9-22(3,25)12-19(14)17)8-10-23(4)20(15(2)13-24)5-6-21(18)23/h16-18,20-21,25H,2,5-13H2,1,3-4H3/t16-,17-,18-,20-,21+,22+,23-/m1/s1. The molecule has 0 aromatic heterocycles. The highest BCUT2D eigenvalue weighted by Crippen LogP contribution is 2.65. The van der Waals surface area contributed by atoms with Crippen LogP contribution >= 0.6 is 15.9 Å². The van der Waals surface area contributed by atoms with Gasteiger partial charge in [-0.3, -0.25) is 0 Å². The predicted octanol–water partition coefficient (Wildman–Crippen LogP) is 6.27. The Balaban J connectivity index is 1.63. The van der Waals surface area contributed by atoms with Gasteiger partial charge in [0.15, 0.2) is 0 Å². The van der Waals surface area contributed by atoms with Gasteiger partial charge >= 0.3 is 0 Å². The second-order valence-electron chi connectivity index (χ2n) is 10.2.